The van der Waals surface area contributed by atoms with E-state index >= 15 is 0 Å². The molecule has 37 heavy (non-hydrogen) atoms. The van der Waals surface area contributed by atoms with Gasteiger partial charge in [-0.25, -0.2) is 26.3 Å². The number of ether oxygens (including phenoxy) is 1. The molecule has 0 unspecified atom stereocenters. The fourth-order valence-corrected chi connectivity index (χ4v) is 4.48. The third kappa shape index (κ3) is 4.65. The van der Waals surface area contributed by atoms with Gasteiger partial charge in [-0.1, -0.05) is 30.3 Å². The highest BCUT2D eigenvalue weighted by atomic mass is 19.3. The minimum absolute atomic E-state index is 0.106. The van der Waals surface area contributed by atoms with Crippen molar-refractivity contribution in [1.29, 1.82) is 0 Å². The molecule has 0 spiro atoms. The zero-order chi connectivity index (χ0) is 26.5. The normalized spacial score (nSPS) is 13.1. The Balaban J connectivity index is 1.45. The van der Waals surface area contributed by atoms with Gasteiger partial charge in [0, 0.05) is 17.7 Å². The number of rotatable bonds is 5. The lowest BCUT2D eigenvalue weighted by Crippen LogP contribution is -2.25. The van der Waals surface area contributed by atoms with Crippen LogP contribution in [-0.4, -0.2) is 0 Å². The molecule has 0 saturated carbocycles. The highest BCUT2D eigenvalue weighted by Gasteiger charge is 2.41. The molecule has 1 aliphatic carbocycles. The first-order chi connectivity index (χ1) is 17.5. The first kappa shape index (κ1) is 24.8. The highest BCUT2D eigenvalue weighted by molar-refractivity contribution is 5.72. The van der Waals surface area contributed by atoms with Crippen LogP contribution in [0.1, 0.15) is 23.1 Å². The van der Waals surface area contributed by atoms with Crippen LogP contribution in [0.15, 0.2) is 60.7 Å². The Hall–Kier alpha value is -3.88. The molecule has 0 N–H and O–H groups in total. The van der Waals surface area contributed by atoms with E-state index in [1.165, 1.54) is 23.3 Å². The predicted octanol–water partition coefficient (Wildman–Crippen LogP) is 8.47. The number of benzene rings is 4. The Morgan fingerprint density at radius 2 is 1.14 bits per heavy atom. The Morgan fingerprint density at radius 3 is 1.78 bits per heavy atom. The largest absolute Gasteiger partial charge is 0.432 e. The minimum Gasteiger partial charge on any atom is -0.429 e. The molecule has 0 aromatic heterocycles. The molecular formula is C28H16F8O. The lowest BCUT2D eigenvalue weighted by molar-refractivity contribution is -0.189. The van der Waals surface area contributed by atoms with E-state index < -0.39 is 52.3 Å². The molecule has 0 saturated heterocycles. The molecule has 0 amide bonds. The summed E-state index contributed by atoms with van der Waals surface area (Å²) in [6, 6.07) is 11.0. The lowest BCUT2D eigenvalue weighted by Gasteiger charge is -2.20. The second kappa shape index (κ2) is 9.21. The summed E-state index contributed by atoms with van der Waals surface area (Å²) in [7, 11) is 0. The van der Waals surface area contributed by atoms with E-state index in [0.29, 0.717) is 17.7 Å². The van der Waals surface area contributed by atoms with Gasteiger partial charge in [-0.15, -0.1) is 0 Å². The summed E-state index contributed by atoms with van der Waals surface area (Å²) in [4.78, 5) is 0. The topological polar surface area (TPSA) is 9.23 Å². The van der Waals surface area contributed by atoms with E-state index in [9.17, 15) is 35.1 Å². The second-order valence-electron chi connectivity index (χ2n) is 8.67. The maximum atomic E-state index is 15.0. The molecule has 1 aliphatic rings. The molecule has 1 nitrogen and oxygen atoms in total. The van der Waals surface area contributed by atoms with Crippen molar-refractivity contribution in [3.8, 4) is 28.0 Å². The first-order valence-electron chi connectivity index (χ1n) is 11.2. The van der Waals surface area contributed by atoms with Crippen LogP contribution in [0.3, 0.4) is 0 Å². The molecule has 0 aliphatic heterocycles. The van der Waals surface area contributed by atoms with Gasteiger partial charge in [0.2, 0.25) is 0 Å². The lowest BCUT2D eigenvalue weighted by atomic mass is 9.96. The van der Waals surface area contributed by atoms with Crippen molar-refractivity contribution < 1.29 is 39.9 Å². The van der Waals surface area contributed by atoms with Crippen molar-refractivity contribution in [1.82, 2.24) is 0 Å². The molecule has 9 heteroatoms. The van der Waals surface area contributed by atoms with Crippen LogP contribution in [0.4, 0.5) is 35.1 Å². The van der Waals surface area contributed by atoms with Crippen molar-refractivity contribution in [3.05, 3.63) is 112 Å². The average molecular weight is 520 g/mol. The van der Waals surface area contributed by atoms with Crippen molar-refractivity contribution in [2.45, 2.75) is 25.4 Å². The molecule has 5 rings (SSSR count). The third-order valence-electron chi connectivity index (χ3n) is 6.25. The SMILES string of the molecule is Fc1cc(-c2ccc3c(c2)CCC3)ccc1-c1cc(F)c(C(F)(F)Oc2cc(F)c(F)c(F)c2)c(F)c1. The zero-order valence-electron chi connectivity index (χ0n) is 18.8. The van der Waals surface area contributed by atoms with Crippen molar-refractivity contribution >= 4 is 0 Å². The minimum atomic E-state index is -4.74. The van der Waals surface area contributed by atoms with E-state index in [1.807, 2.05) is 18.2 Å². The van der Waals surface area contributed by atoms with E-state index in [-0.39, 0.29) is 23.3 Å². The summed E-state index contributed by atoms with van der Waals surface area (Å²) in [5, 5.41) is 0. The zero-order valence-corrected chi connectivity index (χ0v) is 18.8. The van der Waals surface area contributed by atoms with Crippen LogP contribution in [0.5, 0.6) is 5.75 Å². The maximum absolute atomic E-state index is 15.0. The van der Waals surface area contributed by atoms with Gasteiger partial charge in [0.05, 0.1) is 0 Å². The van der Waals surface area contributed by atoms with Crippen LogP contribution in [-0.2, 0) is 19.0 Å². The molecule has 0 atom stereocenters. The van der Waals surface area contributed by atoms with Crippen LogP contribution >= 0.6 is 0 Å². The Bertz CT molecular complexity index is 1480. The smallest absolute Gasteiger partial charge is 0.429 e. The molecular weight excluding hydrogens is 504 g/mol. The van der Waals surface area contributed by atoms with Crippen LogP contribution in [0.2, 0.25) is 0 Å². The molecule has 0 heterocycles. The fraction of sp³-hybridized carbons (Fsp3) is 0.143. The summed E-state index contributed by atoms with van der Waals surface area (Å²) in [5.74, 6) is -11.2. The molecule has 4 aromatic carbocycles. The number of halogens is 8. The van der Waals surface area contributed by atoms with Crippen LogP contribution < -0.4 is 4.74 Å². The predicted molar refractivity (Wildman–Crippen MR) is 120 cm³/mol. The summed E-state index contributed by atoms with van der Waals surface area (Å²) in [5.41, 5.74) is 1.26. The van der Waals surface area contributed by atoms with Crippen molar-refractivity contribution in [2.75, 3.05) is 0 Å². The van der Waals surface area contributed by atoms with Gasteiger partial charge in [0.1, 0.15) is 28.8 Å². The van der Waals surface area contributed by atoms with Crippen LogP contribution in [0, 0.1) is 34.9 Å². The molecule has 190 valence electrons. The van der Waals surface area contributed by atoms with E-state index in [1.54, 1.807) is 6.07 Å². The van der Waals surface area contributed by atoms with E-state index in [0.717, 1.165) is 24.8 Å². The van der Waals surface area contributed by atoms with E-state index in [2.05, 4.69) is 4.74 Å². The van der Waals surface area contributed by atoms with Gasteiger partial charge in [0.15, 0.2) is 17.5 Å². The van der Waals surface area contributed by atoms with E-state index in [4.69, 9.17) is 0 Å². The maximum Gasteiger partial charge on any atom is 0.432 e. The standard InChI is InChI=1S/C28H16F8O/c29-21-9-17(16-5-4-14-2-1-3-15(14)8-16)6-7-20(21)18-10-22(30)26(23(31)11-18)28(35,36)37-19-12-24(32)27(34)25(33)13-19/h4-13H,1-3H2. The monoisotopic (exact) mass is 520 g/mol. The molecule has 0 fully saturated rings. The average Bonchev–Trinajstić information content (AvgIpc) is 3.29. The number of alkyl halides is 2. The number of aryl methyl sites for hydroxylation is 2. The quantitative estimate of drug-likeness (QED) is 0.190. The summed E-state index contributed by atoms with van der Waals surface area (Å²) < 4.78 is 117. The van der Waals surface area contributed by atoms with Gasteiger partial charge in [-0.05, 0) is 65.3 Å². The van der Waals surface area contributed by atoms with Gasteiger partial charge in [0.25, 0.3) is 0 Å². The van der Waals surface area contributed by atoms with Gasteiger partial charge >= 0.3 is 6.11 Å². The number of hydrogen-bond acceptors (Lipinski definition) is 1. The summed E-state index contributed by atoms with van der Waals surface area (Å²) >= 11 is 0. The highest BCUT2D eigenvalue weighted by Crippen LogP contribution is 2.38. The molecule has 4 aromatic rings. The fourth-order valence-electron chi connectivity index (χ4n) is 4.48. The van der Waals surface area contributed by atoms with Gasteiger partial charge in [-0.2, -0.15) is 8.78 Å². The Kier molecular flexibility index (Phi) is 6.17. The van der Waals surface area contributed by atoms with Crippen molar-refractivity contribution in [2.24, 2.45) is 0 Å². The Morgan fingerprint density at radius 1 is 0.568 bits per heavy atom. The summed E-state index contributed by atoms with van der Waals surface area (Å²) in [6.45, 7) is 0. The number of fused-ring (bicyclic) bond motifs is 1. The van der Waals surface area contributed by atoms with Gasteiger partial charge < -0.3 is 4.74 Å². The Labute approximate surface area is 205 Å². The molecule has 0 radical (unpaired) electrons. The third-order valence-corrected chi connectivity index (χ3v) is 6.25. The molecule has 0 bridgehead atoms. The van der Waals surface area contributed by atoms with Crippen molar-refractivity contribution in [3.63, 3.8) is 0 Å². The van der Waals surface area contributed by atoms with Gasteiger partial charge in [-0.3, -0.25) is 0 Å². The second-order valence-corrected chi connectivity index (χ2v) is 8.67. The first-order valence-corrected chi connectivity index (χ1v) is 11.2. The van der Waals surface area contributed by atoms with Crippen LogP contribution in [0.25, 0.3) is 22.3 Å². The number of hydrogen-bond donors (Lipinski definition) is 0. The summed E-state index contributed by atoms with van der Waals surface area (Å²) in [6.07, 6.45) is -1.79.